The molecular weight excluding hydrogens is 480 g/mol. The highest BCUT2D eigenvalue weighted by Gasteiger charge is 2.56. The van der Waals surface area contributed by atoms with E-state index in [-0.39, 0.29) is 6.42 Å². The molecule has 8 nitrogen and oxygen atoms in total. The lowest BCUT2D eigenvalue weighted by atomic mass is 9.62. The predicted molar refractivity (Wildman–Crippen MR) is 138 cm³/mol. The largest absolute Gasteiger partial charge is 0.495 e. The fourth-order valence-electron chi connectivity index (χ4n) is 4.83. The molecule has 0 saturated heterocycles. The van der Waals surface area contributed by atoms with Crippen molar-refractivity contribution < 1.29 is 29.0 Å². The molecular formula is C27H28N2O6S. The zero-order valence-electron chi connectivity index (χ0n) is 20.2. The van der Waals surface area contributed by atoms with Gasteiger partial charge in [-0.05, 0) is 42.6 Å². The topological polar surface area (TPSA) is 114 Å². The molecule has 0 radical (unpaired) electrons. The number of rotatable bonds is 7. The first-order valence-electron chi connectivity index (χ1n) is 11.4. The number of Topliss-reactive ketones (excluding diaryl/α,β-unsaturated/α-hetero) is 1. The van der Waals surface area contributed by atoms with E-state index in [1.807, 2.05) is 5.38 Å². The van der Waals surface area contributed by atoms with E-state index in [4.69, 9.17) is 9.47 Å². The summed E-state index contributed by atoms with van der Waals surface area (Å²) in [5.41, 5.74) is -0.841. The number of hydrogen-bond donors (Lipinski definition) is 3. The Balaban J connectivity index is 1.73. The lowest BCUT2D eigenvalue weighted by Crippen LogP contribution is -2.56. The lowest BCUT2D eigenvalue weighted by Gasteiger charge is -2.44. The first kappa shape index (κ1) is 25.4. The number of hydrogen-bond acceptors (Lipinski definition) is 7. The maximum atomic E-state index is 13.7. The van der Waals surface area contributed by atoms with E-state index in [9.17, 15) is 19.5 Å². The summed E-state index contributed by atoms with van der Waals surface area (Å²) >= 11 is 1.33. The maximum Gasteiger partial charge on any atom is 0.235 e. The molecule has 4 unspecified atom stereocenters. The summed E-state index contributed by atoms with van der Waals surface area (Å²) in [6.07, 6.45) is -0.344. The van der Waals surface area contributed by atoms with Gasteiger partial charge in [0.1, 0.15) is 23.2 Å². The molecule has 1 saturated carbocycles. The molecule has 188 valence electrons. The van der Waals surface area contributed by atoms with Crippen molar-refractivity contribution in [2.45, 2.75) is 24.9 Å². The summed E-state index contributed by atoms with van der Waals surface area (Å²) < 4.78 is 10.7. The van der Waals surface area contributed by atoms with Gasteiger partial charge in [0.15, 0.2) is 0 Å². The van der Waals surface area contributed by atoms with Crippen LogP contribution in [0, 0.1) is 11.8 Å². The number of ketones is 1. The van der Waals surface area contributed by atoms with Crippen LogP contribution in [0.4, 0.5) is 11.4 Å². The van der Waals surface area contributed by atoms with Crippen molar-refractivity contribution in [1.82, 2.24) is 0 Å². The average molecular weight is 509 g/mol. The fraction of sp³-hybridized carbons (Fsp3) is 0.296. The van der Waals surface area contributed by atoms with Gasteiger partial charge in [-0.15, -0.1) is 11.3 Å². The SMILES string of the molecule is COc1ccccc1NC(=O)C1C(=O)CC(C)(O)C(C(=O)Nc2ccccc2OC)C1c1cccs1. The highest BCUT2D eigenvalue weighted by Crippen LogP contribution is 2.48. The molecule has 2 aromatic carbocycles. The Morgan fingerprint density at radius 2 is 1.47 bits per heavy atom. The summed E-state index contributed by atoms with van der Waals surface area (Å²) in [4.78, 5) is 41.3. The second-order valence-electron chi connectivity index (χ2n) is 8.88. The van der Waals surface area contributed by atoms with Crippen molar-refractivity contribution in [3.05, 3.63) is 70.9 Å². The molecule has 1 aromatic heterocycles. The molecule has 1 fully saturated rings. The van der Waals surface area contributed by atoms with Crippen molar-refractivity contribution in [3.63, 3.8) is 0 Å². The zero-order valence-corrected chi connectivity index (χ0v) is 21.0. The predicted octanol–water partition coefficient (Wildman–Crippen LogP) is 4.08. The third-order valence-electron chi connectivity index (χ3n) is 6.43. The summed E-state index contributed by atoms with van der Waals surface area (Å²) in [7, 11) is 2.98. The van der Waals surface area contributed by atoms with Gasteiger partial charge in [0, 0.05) is 17.2 Å². The Morgan fingerprint density at radius 1 is 0.917 bits per heavy atom. The number of methoxy groups -OCH3 is 2. The van der Waals surface area contributed by atoms with Gasteiger partial charge in [0.05, 0.1) is 37.1 Å². The van der Waals surface area contributed by atoms with Crippen LogP contribution in [-0.4, -0.2) is 42.5 Å². The smallest absolute Gasteiger partial charge is 0.235 e. The Hall–Kier alpha value is -3.69. The van der Waals surface area contributed by atoms with Crippen LogP contribution in [0.5, 0.6) is 11.5 Å². The number of aliphatic hydroxyl groups is 1. The minimum absolute atomic E-state index is 0.344. The second kappa shape index (κ2) is 10.5. The summed E-state index contributed by atoms with van der Waals surface area (Å²) in [5.74, 6) is -3.78. The average Bonchev–Trinajstić information content (AvgIpc) is 3.38. The first-order chi connectivity index (χ1) is 17.3. The van der Waals surface area contributed by atoms with Gasteiger partial charge in [-0.1, -0.05) is 30.3 Å². The van der Waals surface area contributed by atoms with Gasteiger partial charge < -0.3 is 25.2 Å². The van der Waals surface area contributed by atoms with Gasteiger partial charge in [-0.3, -0.25) is 14.4 Å². The van der Waals surface area contributed by atoms with E-state index < -0.39 is 41.0 Å². The van der Waals surface area contributed by atoms with Gasteiger partial charge in [0.25, 0.3) is 0 Å². The Kier molecular flexibility index (Phi) is 7.42. The van der Waals surface area contributed by atoms with E-state index in [0.29, 0.717) is 27.8 Å². The minimum atomic E-state index is -1.68. The molecule has 3 aromatic rings. The molecule has 9 heteroatoms. The molecule has 0 aliphatic heterocycles. The van der Waals surface area contributed by atoms with Crippen molar-refractivity contribution in [2.24, 2.45) is 11.8 Å². The number of thiophene rings is 1. The standard InChI is InChI=1S/C27H28N2O6S/c1-27(33)15-18(30)22(25(31)28-16-9-4-6-11-19(16)34-2)23(21-13-8-14-36-21)24(27)26(32)29-17-10-5-7-12-20(17)35-3/h4-14,22-24,33H,15H2,1-3H3,(H,28,31)(H,29,32). The van der Waals surface area contributed by atoms with E-state index in [2.05, 4.69) is 10.6 Å². The molecule has 1 aliphatic rings. The van der Waals surface area contributed by atoms with Crippen LogP contribution in [0.25, 0.3) is 0 Å². The maximum absolute atomic E-state index is 13.7. The molecule has 0 bridgehead atoms. The van der Waals surface area contributed by atoms with Gasteiger partial charge in [0.2, 0.25) is 11.8 Å². The third kappa shape index (κ3) is 4.98. The van der Waals surface area contributed by atoms with E-state index in [0.717, 1.165) is 0 Å². The molecule has 1 heterocycles. The van der Waals surface area contributed by atoms with Crippen LogP contribution in [-0.2, 0) is 14.4 Å². The highest BCUT2D eigenvalue weighted by molar-refractivity contribution is 7.10. The van der Waals surface area contributed by atoms with E-state index >= 15 is 0 Å². The van der Waals surface area contributed by atoms with Gasteiger partial charge in [-0.2, -0.15) is 0 Å². The lowest BCUT2D eigenvalue weighted by molar-refractivity contribution is -0.150. The van der Waals surface area contributed by atoms with Crippen LogP contribution >= 0.6 is 11.3 Å². The zero-order chi connectivity index (χ0) is 25.9. The summed E-state index contributed by atoms with van der Waals surface area (Å²) in [6, 6.07) is 17.4. The number of amides is 2. The van der Waals surface area contributed by atoms with Crippen LogP contribution in [0.3, 0.4) is 0 Å². The molecule has 1 aliphatic carbocycles. The van der Waals surface area contributed by atoms with Crippen molar-refractivity contribution >= 4 is 40.3 Å². The number of carbonyl (C=O) groups excluding carboxylic acids is 3. The van der Waals surface area contributed by atoms with E-state index in [1.54, 1.807) is 60.7 Å². The van der Waals surface area contributed by atoms with Crippen LogP contribution in [0.15, 0.2) is 66.0 Å². The number of benzene rings is 2. The Morgan fingerprint density at radius 3 is 2.00 bits per heavy atom. The summed E-state index contributed by atoms with van der Waals surface area (Å²) in [5, 5.41) is 18.8. The monoisotopic (exact) mass is 508 g/mol. The number of para-hydroxylation sites is 4. The van der Waals surface area contributed by atoms with Gasteiger partial charge >= 0.3 is 0 Å². The van der Waals surface area contributed by atoms with E-state index in [1.165, 1.54) is 32.5 Å². The number of carbonyl (C=O) groups is 3. The minimum Gasteiger partial charge on any atom is -0.495 e. The fourth-order valence-corrected chi connectivity index (χ4v) is 5.73. The van der Waals surface area contributed by atoms with Gasteiger partial charge in [-0.25, -0.2) is 0 Å². The van der Waals surface area contributed by atoms with Crippen molar-refractivity contribution in [3.8, 4) is 11.5 Å². The molecule has 2 amide bonds. The quantitative estimate of drug-likeness (QED) is 0.415. The molecule has 3 N–H and O–H groups in total. The number of ether oxygens (including phenoxy) is 2. The summed E-state index contributed by atoms with van der Waals surface area (Å²) in [6.45, 7) is 1.46. The third-order valence-corrected chi connectivity index (χ3v) is 7.41. The van der Waals surface area contributed by atoms with Crippen LogP contribution in [0.2, 0.25) is 0 Å². The Labute approximate surface area is 213 Å². The van der Waals surface area contributed by atoms with Crippen molar-refractivity contribution in [1.29, 1.82) is 0 Å². The highest BCUT2D eigenvalue weighted by atomic mass is 32.1. The Bertz CT molecular complexity index is 1260. The van der Waals surface area contributed by atoms with Crippen molar-refractivity contribution in [2.75, 3.05) is 24.9 Å². The normalized spacial score (nSPS) is 23.6. The molecule has 0 spiro atoms. The molecule has 36 heavy (non-hydrogen) atoms. The molecule has 4 atom stereocenters. The number of nitrogens with one attached hydrogen (secondary N) is 2. The number of anilines is 2. The first-order valence-corrected chi connectivity index (χ1v) is 12.3. The van der Waals surface area contributed by atoms with Crippen LogP contribution in [0.1, 0.15) is 24.1 Å². The second-order valence-corrected chi connectivity index (χ2v) is 9.86. The van der Waals surface area contributed by atoms with Crippen LogP contribution < -0.4 is 20.1 Å². The molecule has 4 rings (SSSR count).